The number of ether oxygens (including phenoxy) is 2. The van der Waals surface area contributed by atoms with Crippen molar-refractivity contribution in [1.82, 2.24) is 4.98 Å². The van der Waals surface area contributed by atoms with Crippen LogP contribution in [0.4, 0.5) is 0 Å². The molecule has 1 aliphatic rings. The summed E-state index contributed by atoms with van der Waals surface area (Å²) in [6.45, 7) is 1.80. The Labute approximate surface area is 151 Å². The molecule has 2 aromatic rings. The number of hydrogen-bond donors (Lipinski definition) is 4. The number of benzene rings is 1. The smallest absolute Gasteiger partial charge is 0.130 e. The van der Waals surface area contributed by atoms with Crippen molar-refractivity contribution in [3.8, 4) is 5.75 Å². The minimum absolute atomic E-state index is 0.334. The molecule has 7 heteroatoms. The third-order valence-corrected chi connectivity index (χ3v) is 4.43. The predicted molar refractivity (Wildman–Crippen MR) is 92.5 cm³/mol. The van der Waals surface area contributed by atoms with Gasteiger partial charge in [0.25, 0.3) is 0 Å². The summed E-state index contributed by atoms with van der Waals surface area (Å²) in [6.07, 6.45) is -5.83. The topological polar surface area (TPSA) is 112 Å². The van der Waals surface area contributed by atoms with Crippen LogP contribution in [-0.2, 0) is 11.3 Å². The van der Waals surface area contributed by atoms with Crippen molar-refractivity contribution in [2.75, 3.05) is 6.61 Å². The Balaban J connectivity index is 1.67. The molecule has 1 saturated heterocycles. The highest BCUT2D eigenvalue weighted by molar-refractivity contribution is 5.30. The Morgan fingerprint density at radius 3 is 2.38 bits per heavy atom. The van der Waals surface area contributed by atoms with Gasteiger partial charge in [-0.15, -0.1) is 0 Å². The molecule has 140 valence electrons. The molecule has 3 rings (SSSR count). The van der Waals surface area contributed by atoms with Gasteiger partial charge in [0.05, 0.1) is 12.3 Å². The summed E-state index contributed by atoms with van der Waals surface area (Å²) in [7, 11) is 0. The second-order valence-electron chi connectivity index (χ2n) is 6.38. The maximum Gasteiger partial charge on any atom is 0.130 e. The molecule has 0 spiro atoms. The average Bonchev–Trinajstić information content (AvgIpc) is 2.65. The zero-order valence-electron chi connectivity index (χ0n) is 14.4. The Morgan fingerprint density at radius 1 is 1.00 bits per heavy atom. The molecule has 1 unspecified atom stereocenters. The highest BCUT2D eigenvalue weighted by Gasteiger charge is 2.43. The molecule has 0 bridgehead atoms. The van der Waals surface area contributed by atoms with E-state index in [-0.39, 0.29) is 0 Å². The van der Waals surface area contributed by atoms with E-state index in [0.29, 0.717) is 17.9 Å². The van der Waals surface area contributed by atoms with Crippen LogP contribution in [-0.4, -0.2) is 56.4 Å². The van der Waals surface area contributed by atoms with Crippen LogP contribution in [0.5, 0.6) is 5.75 Å². The van der Waals surface area contributed by atoms with E-state index in [1.807, 2.05) is 25.1 Å². The zero-order chi connectivity index (χ0) is 18.7. The largest absolute Gasteiger partial charge is 0.487 e. The standard InChI is InChI=1S/C19H23NO6/c1-11-3-2-4-13(20-11)10-25-14-7-5-12(6-8-14)19-18(24)17(23)16(22)15(9-21)26-19/h2-8,15-19,21-24H,9-10H2,1H3/t15-,16-,17+,18+,19?/m1/s1. The van der Waals surface area contributed by atoms with Gasteiger partial charge in [0, 0.05) is 5.69 Å². The predicted octanol–water partition coefficient (Wildman–Crippen LogP) is 0.484. The summed E-state index contributed by atoms with van der Waals surface area (Å²) in [5.41, 5.74) is 2.36. The second-order valence-corrected chi connectivity index (χ2v) is 6.38. The summed E-state index contributed by atoms with van der Waals surface area (Å²) < 4.78 is 11.2. The SMILES string of the molecule is Cc1cccc(COc2ccc(C3O[C@H](CO)[C@@H](O)[C@H](O)[C@@H]3O)cc2)n1. The third-order valence-electron chi connectivity index (χ3n) is 4.43. The molecular formula is C19H23NO6. The van der Waals surface area contributed by atoms with E-state index in [1.165, 1.54) is 0 Å². The van der Waals surface area contributed by atoms with Crippen molar-refractivity contribution in [3.63, 3.8) is 0 Å². The highest BCUT2D eigenvalue weighted by Crippen LogP contribution is 2.33. The first-order valence-electron chi connectivity index (χ1n) is 8.45. The van der Waals surface area contributed by atoms with Crippen LogP contribution >= 0.6 is 0 Å². The van der Waals surface area contributed by atoms with Crippen molar-refractivity contribution < 1.29 is 29.9 Å². The van der Waals surface area contributed by atoms with Crippen LogP contribution < -0.4 is 4.74 Å². The zero-order valence-corrected chi connectivity index (χ0v) is 14.4. The van der Waals surface area contributed by atoms with Gasteiger partial charge in [-0.2, -0.15) is 0 Å². The van der Waals surface area contributed by atoms with Crippen LogP contribution in [0.1, 0.15) is 23.1 Å². The second kappa shape index (κ2) is 8.11. The Morgan fingerprint density at radius 2 is 1.73 bits per heavy atom. The van der Waals surface area contributed by atoms with Gasteiger partial charge in [0.2, 0.25) is 0 Å². The van der Waals surface area contributed by atoms with Gasteiger partial charge in [-0.05, 0) is 36.8 Å². The maximum absolute atomic E-state index is 10.2. The summed E-state index contributed by atoms with van der Waals surface area (Å²) in [5.74, 6) is 0.627. The van der Waals surface area contributed by atoms with Gasteiger partial charge in [-0.3, -0.25) is 4.98 Å². The number of pyridine rings is 1. The summed E-state index contributed by atoms with van der Waals surface area (Å²) >= 11 is 0. The molecule has 26 heavy (non-hydrogen) atoms. The first-order chi connectivity index (χ1) is 12.5. The average molecular weight is 361 g/mol. The monoisotopic (exact) mass is 361 g/mol. The molecule has 0 amide bonds. The van der Waals surface area contributed by atoms with Crippen molar-refractivity contribution in [1.29, 1.82) is 0 Å². The quantitative estimate of drug-likeness (QED) is 0.613. The normalized spacial score (nSPS) is 28.7. The van der Waals surface area contributed by atoms with Crippen LogP contribution in [0.15, 0.2) is 42.5 Å². The van der Waals surface area contributed by atoms with E-state index >= 15 is 0 Å². The molecule has 1 aliphatic heterocycles. The fraction of sp³-hybridized carbons (Fsp3) is 0.421. The van der Waals surface area contributed by atoms with Gasteiger partial charge < -0.3 is 29.9 Å². The Kier molecular flexibility index (Phi) is 5.85. The number of nitrogens with zero attached hydrogens (tertiary/aromatic N) is 1. The fourth-order valence-electron chi connectivity index (χ4n) is 2.97. The van der Waals surface area contributed by atoms with Crippen LogP contribution in [0.3, 0.4) is 0 Å². The van der Waals surface area contributed by atoms with Gasteiger partial charge in [0.1, 0.15) is 42.9 Å². The Bertz CT molecular complexity index is 720. The molecule has 0 radical (unpaired) electrons. The van der Waals surface area contributed by atoms with Crippen molar-refractivity contribution in [3.05, 3.63) is 59.4 Å². The van der Waals surface area contributed by atoms with Gasteiger partial charge in [-0.1, -0.05) is 18.2 Å². The number of aliphatic hydroxyl groups is 4. The number of rotatable bonds is 5. The van der Waals surface area contributed by atoms with Crippen LogP contribution in [0.25, 0.3) is 0 Å². The number of aryl methyl sites for hydroxylation is 1. The molecule has 5 atom stereocenters. The van der Waals surface area contributed by atoms with Gasteiger partial charge in [-0.25, -0.2) is 0 Å². The molecule has 7 nitrogen and oxygen atoms in total. The van der Waals surface area contributed by atoms with Crippen LogP contribution in [0.2, 0.25) is 0 Å². The minimum Gasteiger partial charge on any atom is -0.487 e. The minimum atomic E-state index is -1.39. The lowest BCUT2D eigenvalue weighted by molar-refractivity contribution is -0.231. The first-order valence-corrected chi connectivity index (χ1v) is 8.45. The van der Waals surface area contributed by atoms with Crippen molar-refractivity contribution in [2.24, 2.45) is 0 Å². The van der Waals surface area contributed by atoms with Gasteiger partial charge in [0.15, 0.2) is 0 Å². The lowest BCUT2D eigenvalue weighted by atomic mass is 9.91. The molecule has 1 aromatic heterocycles. The first kappa shape index (κ1) is 18.8. The van der Waals surface area contributed by atoms with E-state index in [4.69, 9.17) is 9.47 Å². The number of hydrogen-bond acceptors (Lipinski definition) is 7. The lowest BCUT2D eigenvalue weighted by Gasteiger charge is -2.40. The molecule has 2 heterocycles. The van der Waals surface area contributed by atoms with E-state index in [1.54, 1.807) is 24.3 Å². The van der Waals surface area contributed by atoms with E-state index in [9.17, 15) is 20.4 Å². The van der Waals surface area contributed by atoms with Crippen molar-refractivity contribution >= 4 is 0 Å². The molecule has 0 aliphatic carbocycles. The van der Waals surface area contributed by atoms with E-state index < -0.39 is 37.1 Å². The van der Waals surface area contributed by atoms with Gasteiger partial charge >= 0.3 is 0 Å². The number of aliphatic hydroxyl groups excluding tert-OH is 4. The van der Waals surface area contributed by atoms with E-state index in [0.717, 1.165) is 11.4 Å². The lowest BCUT2D eigenvalue weighted by Crippen LogP contribution is -2.55. The van der Waals surface area contributed by atoms with E-state index in [2.05, 4.69) is 4.98 Å². The molecule has 0 saturated carbocycles. The fourth-order valence-corrected chi connectivity index (χ4v) is 2.97. The highest BCUT2D eigenvalue weighted by atomic mass is 16.5. The van der Waals surface area contributed by atoms with Crippen molar-refractivity contribution in [2.45, 2.75) is 44.1 Å². The van der Waals surface area contributed by atoms with Crippen LogP contribution in [0, 0.1) is 6.92 Å². The summed E-state index contributed by atoms with van der Waals surface area (Å²) in [5, 5.41) is 39.2. The molecule has 1 fully saturated rings. The summed E-state index contributed by atoms with van der Waals surface area (Å²) in [6, 6.07) is 12.6. The molecule has 1 aromatic carbocycles. The maximum atomic E-state index is 10.2. The molecular weight excluding hydrogens is 338 g/mol. The number of aromatic nitrogens is 1. The third kappa shape index (κ3) is 4.03. The summed E-state index contributed by atoms with van der Waals surface area (Å²) in [4.78, 5) is 4.37. The Hall–Kier alpha value is -2.03. The molecule has 4 N–H and O–H groups in total.